The third-order valence-electron chi connectivity index (χ3n) is 4.53. The normalized spacial score (nSPS) is 12.6. The summed E-state index contributed by atoms with van der Waals surface area (Å²) < 4.78 is 6.68. The van der Waals surface area contributed by atoms with Crippen molar-refractivity contribution >= 4 is 15.9 Å². The summed E-state index contributed by atoms with van der Waals surface area (Å²) in [7, 11) is 1.75. The Balaban J connectivity index is 3.52. The van der Waals surface area contributed by atoms with E-state index in [-0.39, 0.29) is 10.8 Å². The Kier molecular flexibility index (Phi) is 5.11. The van der Waals surface area contributed by atoms with Gasteiger partial charge in [0.15, 0.2) is 0 Å². The highest BCUT2D eigenvalue weighted by Crippen LogP contribution is 2.42. The van der Waals surface area contributed by atoms with Crippen LogP contribution in [-0.2, 0) is 10.8 Å². The molecule has 0 N–H and O–H groups in total. The monoisotopic (exact) mass is 326 g/mol. The summed E-state index contributed by atoms with van der Waals surface area (Å²) in [5.74, 6) is 0.975. The molecule has 2 heteroatoms. The molecule has 1 rings (SSSR count). The third-order valence-corrected chi connectivity index (χ3v) is 5.12. The molecule has 0 atom stereocenters. The van der Waals surface area contributed by atoms with E-state index in [1.807, 2.05) is 0 Å². The second kappa shape index (κ2) is 5.87. The number of hydrogen-bond donors (Lipinski definition) is 0. The molecule has 1 nitrogen and oxygen atoms in total. The Morgan fingerprint density at radius 3 is 1.95 bits per heavy atom. The van der Waals surface area contributed by atoms with Crippen LogP contribution < -0.4 is 4.74 Å². The van der Waals surface area contributed by atoms with Crippen molar-refractivity contribution in [3.05, 3.63) is 27.7 Å². The Hall–Kier alpha value is -0.500. The molecule has 0 bridgehead atoms. The molecule has 0 spiro atoms. The number of ether oxygens (including phenoxy) is 1. The highest BCUT2D eigenvalue weighted by molar-refractivity contribution is 9.10. The molecule has 108 valence electrons. The van der Waals surface area contributed by atoms with E-state index in [9.17, 15) is 0 Å². The third kappa shape index (κ3) is 3.34. The maximum atomic E-state index is 5.62. The van der Waals surface area contributed by atoms with Gasteiger partial charge in [-0.05, 0) is 51.2 Å². The number of halogens is 1. The average Bonchev–Trinajstić information content (AvgIpc) is 2.37. The highest BCUT2D eigenvalue weighted by atomic mass is 79.9. The maximum absolute atomic E-state index is 5.62. The van der Waals surface area contributed by atoms with Crippen LogP contribution in [0.5, 0.6) is 5.75 Å². The molecule has 0 aliphatic carbocycles. The topological polar surface area (TPSA) is 9.23 Å². The molecule has 0 aromatic heterocycles. The smallest absolute Gasteiger partial charge is 0.136 e. The van der Waals surface area contributed by atoms with Crippen LogP contribution >= 0.6 is 15.9 Å². The van der Waals surface area contributed by atoms with E-state index in [0.29, 0.717) is 0 Å². The van der Waals surface area contributed by atoms with Crippen LogP contribution in [0.3, 0.4) is 0 Å². The summed E-state index contributed by atoms with van der Waals surface area (Å²) in [5.41, 5.74) is 2.98. The van der Waals surface area contributed by atoms with Crippen molar-refractivity contribution < 1.29 is 4.74 Å². The fourth-order valence-electron chi connectivity index (χ4n) is 2.09. The number of methoxy groups -OCH3 is 1. The number of rotatable bonds is 5. The molecular weight excluding hydrogens is 300 g/mol. The van der Waals surface area contributed by atoms with Crippen molar-refractivity contribution in [3.8, 4) is 5.75 Å². The Labute approximate surface area is 126 Å². The van der Waals surface area contributed by atoms with Crippen LogP contribution in [0.2, 0.25) is 0 Å². The zero-order valence-corrected chi connectivity index (χ0v) is 14.9. The van der Waals surface area contributed by atoms with Gasteiger partial charge >= 0.3 is 0 Å². The van der Waals surface area contributed by atoms with E-state index in [1.54, 1.807) is 7.11 Å². The van der Waals surface area contributed by atoms with Gasteiger partial charge in [0.2, 0.25) is 0 Å². The van der Waals surface area contributed by atoms with E-state index >= 15 is 0 Å². The van der Waals surface area contributed by atoms with Gasteiger partial charge in [-0.2, -0.15) is 0 Å². The minimum Gasteiger partial charge on any atom is -0.495 e. The van der Waals surface area contributed by atoms with Gasteiger partial charge in [-0.25, -0.2) is 0 Å². The Bertz CT molecular complexity index is 447. The number of benzene rings is 1. The van der Waals surface area contributed by atoms with Crippen molar-refractivity contribution in [1.82, 2.24) is 0 Å². The summed E-state index contributed by atoms with van der Waals surface area (Å²) >= 11 is 3.68. The van der Waals surface area contributed by atoms with Crippen molar-refractivity contribution in [3.63, 3.8) is 0 Å². The van der Waals surface area contributed by atoms with Gasteiger partial charge in [0, 0.05) is 5.56 Å². The molecule has 0 heterocycles. The van der Waals surface area contributed by atoms with Crippen molar-refractivity contribution in [2.75, 3.05) is 7.11 Å². The number of hydrogen-bond acceptors (Lipinski definition) is 1. The lowest BCUT2D eigenvalue weighted by Gasteiger charge is -2.30. The van der Waals surface area contributed by atoms with Gasteiger partial charge in [0.25, 0.3) is 0 Å². The summed E-state index contributed by atoms with van der Waals surface area (Å²) in [6.45, 7) is 13.6. The molecule has 0 unspecified atom stereocenters. The average molecular weight is 327 g/mol. The van der Waals surface area contributed by atoms with Crippen LogP contribution in [-0.4, -0.2) is 7.11 Å². The lowest BCUT2D eigenvalue weighted by molar-refractivity contribution is 0.385. The van der Waals surface area contributed by atoms with Crippen molar-refractivity contribution in [2.45, 2.75) is 65.2 Å². The molecule has 0 amide bonds. The zero-order chi connectivity index (χ0) is 14.8. The first-order valence-corrected chi connectivity index (χ1v) is 7.87. The lowest BCUT2D eigenvalue weighted by Crippen LogP contribution is -2.21. The van der Waals surface area contributed by atoms with Crippen molar-refractivity contribution in [2.24, 2.45) is 0 Å². The van der Waals surface area contributed by atoms with Gasteiger partial charge in [-0.15, -0.1) is 0 Å². The second-order valence-corrected chi connectivity index (χ2v) is 7.37. The molecule has 0 saturated carbocycles. The first kappa shape index (κ1) is 16.6. The first-order valence-electron chi connectivity index (χ1n) is 7.08. The van der Waals surface area contributed by atoms with E-state index < -0.39 is 0 Å². The Morgan fingerprint density at radius 1 is 1.00 bits per heavy atom. The van der Waals surface area contributed by atoms with E-state index in [4.69, 9.17) is 4.74 Å². The van der Waals surface area contributed by atoms with Crippen LogP contribution in [0, 0.1) is 0 Å². The summed E-state index contributed by atoms with van der Waals surface area (Å²) in [6.07, 6.45) is 2.21. The van der Waals surface area contributed by atoms with Gasteiger partial charge < -0.3 is 4.74 Å². The van der Waals surface area contributed by atoms with Gasteiger partial charge in [0.1, 0.15) is 5.75 Å². The van der Waals surface area contributed by atoms with E-state index in [1.165, 1.54) is 11.1 Å². The predicted molar refractivity (Wildman–Crippen MR) is 87.3 cm³/mol. The fraction of sp³-hybridized carbons (Fsp3) is 0.647. The second-order valence-electron chi connectivity index (χ2n) is 6.51. The van der Waals surface area contributed by atoms with Gasteiger partial charge in [-0.1, -0.05) is 47.6 Å². The first-order chi connectivity index (χ1) is 8.69. The molecule has 1 aromatic carbocycles. The molecule has 1 aromatic rings. The van der Waals surface area contributed by atoms with Crippen LogP contribution in [0.4, 0.5) is 0 Å². The minimum atomic E-state index is 0.119. The zero-order valence-electron chi connectivity index (χ0n) is 13.4. The van der Waals surface area contributed by atoms with Crippen LogP contribution in [0.15, 0.2) is 16.6 Å². The molecular formula is C17H27BrO. The molecule has 0 aliphatic rings. The predicted octanol–water partition coefficient (Wildman–Crippen LogP) is 5.83. The van der Waals surface area contributed by atoms with E-state index in [0.717, 1.165) is 23.1 Å². The lowest BCUT2D eigenvalue weighted by atomic mass is 9.76. The molecule has 0 saturated heterocycles. The SMILES string of the molecule is CCC(C)(C)c1cc(Br)c(OC)c(C(C)(C)CC)c1. The summed E-state index contributed by atoms with van der Waals surface area (Å²) in [4.78, 5) is 0. The summed E-state index contributed by atoms with van der Waals surface area (Å²) in [6, 6.07) is 4.54. The van der Waals surface area contributed by atoms with Gasteiger partial charge in [-0.3, -0.25) is 0 Å². The standard InChI is InChI=1S/C17H27BrO/c1-8-16(3,4)12-10-13(17(5,6)9-2)15(19-7)14(18)11-12/h10-11H,8-9H2,1-7H3. The maximum Gasteiger partial charge on any atom is 0.136 e. The molecule has 0 fully saturated rings. The molecule has 0 radical (unpaired) electrons. The highest BCUT2D eigenvalue weighted by Gasteiger charge is 2.28. The van der Waals surface area contributed by atoms with E-state index in [2.05, 4.69) is 69.6 Å². The largest absolute Gasteiger partial charge is 0.495 e. The van der Waals surface area contributed by atoms with Crippen LogP contribution in [0.1, 0.15) is 65.5 Å². The van der Waals surface area contributed by atoms with Crippen molar-refractivity contribution in [1.29, 1.82) is 0 Å². The Morgan fingerprint density at radius 2 is 1.53 bits per heavy atom. The van der Waals surface area contributed by atoms with Gasteiger partial charge in [0.05, 0.1) is 11.6 Å². The molecule has 19 heavy (non-hydrogen) atoms. The fourth-order valence-corrected chi connectivity index (χ4v) is 2.71. The summed E-state index contributed by atoms with van der Waals surface area (Å²) in [5, 5.41) is 0. The minimum absolute atomic E-state index is 0.119. The quantitative estimate of drug-likeness (QED) is 0.661. The molecule has 0 aliphatic heterocycles. The van der Waals surface area contributed by atoms with Crippen LogP contribution in [0.25, 0.3) is 0 Å².